The largest absolute Gasteiger partial charge is 0.384 e. The van der Waals surface area contributed by atoms with Crippen molar-refractivity contribution >= 4 is 5.91 Å². The number of amides is 1. The number of nitrogens with one attached hydrogen (secondary N) is 1. The highest BCUT2D eigenvalue weighted by atomic mass is 16.5. The summed E-state index contributed by atoms with van der Waals surface area (Å²) in [5.41, 5.74) is 2.09. The van der Waals surface area contributed by atoms with Crippen LogP contribution in [-0.2, 0) is 4.74 Å². The molecule has 106 valence electrons. The second-order valence-electron chi connectivity index (χ2n) is 5.31. The molecule has 4 nitrogen and oxygen atoms in total. The van der Waals surface area contributed by atoms with Crippen molar-refractivity contribution in [2.24, 2.45) is 0 Å². The molecule has 1 heterocycles. The maximum absolute atomic E-state index is 12.2. The van der Waals surface area contributed by atoms with Gasteiger partial charge >= 0.3 is 0 Å². The minimum Gasteiger partial charge on any atom is -0.384 e. The summed E-state index contributed by atoms with van der Waals surface area (Å²) in [6.45, 7) is 4.97. The van der Waals surface area contributed by atoms with Gasteiger partial charge in [-0.2, -0.15) is 0 Å². The molecule has 1 aromatic rings. The fraction of sp³-hybridized carbons (Fsp3) is 0.438. The third kappa shape index (κ3) is 3.38. The lowest BCUT2D eigenvalue weighted by molar-refractivity contribution is 0.0890. The van der Waals surface area contributed by atoms with E-state index in [0.29, 0.717) is 18.8 Å². The van der Waals surface area contributed by atoms with Gasteiger partial charge < -0.3 is 15.2 Å². The zero-order chi connectivity index (χ0) is 14.6. The second-order valence-corrected chi connectivity index (χ2v) is 5.31. The van der Waals surface area contributed by atoms with Crippen LogP contribution in [0.4, 0.5) is 0 Å². The smallest absolute Gasteiger partial charge is 0.251 e. The Morgan fingerprint density at radius 3 is 2.95 bits per heavy atom. The molecule has 0 radical (unpaired) electrons. The van der Waals surface area contributed by atoms with E-state index in [0.717, 1.165) is 17.5 Å². The van der Waals surface area contributed by atoms with Crippen molar-refractivity contribution in [1.82, 2.24) is 5.32 Å². The normalized spacial score (nSPS) is 21.1. The first-order valence-electron chi connectivity index (χ1n) is 6.65. The fourth-order valence-electron chi connectivity index (χ4n) is 2.19. The lowest BCUT2D eigenvalue weighted by Gasteiger charge is -2.23. The van der Waals surface area contributed by atoms with Crippen molar-refractivity contribution in [2.45, 2.75) is 25.8 Å². The van der Waals surface area contributed by atoms with Crippen LogP contribution in [0.25, 0.3) is 0 Å². The molecule has 2 N–H and O–H groups in total. The van der Waals surface area contributed by atoms with Crippen molar-refractivity contribution in [2.75, 3.05) is 19.8 Å². The van der Waals surface area contributed by atoms with Crippen LogP contribution < -0.4 is 5.32 Å². The molecule has 1 unspecified atom stereocenters. The second kappa shape index (κ2) is 6.08. The molecule has 0 spiro atoms. The van der Waals surface area contributed by atoms with Crippen LogP contribution >= 0.6 is 0 Å². The molecule has 20 heavy (non-hydrogen) atoms. The molecular weight excluding hydrogens is 254 g/mol. The summed E-state index contributed by atoms with van der Waals surface area (Å²) in [5, 5.41) is 11.7. The molecule has 1 atom stereocenters. The van der Waals surface area contributed by atoms with E-state index in [1.807, 2.05) is 19.9 Å². The number of aliphatic hydroxyl groups is 1. The van der Waals surface area contributed by atoms with E-state index in [1.165, 1.54) is 0 Å². The zero-order valence-electron chi connectivity index (χ0n) is 11.8. The van der Waals surface area contributed by atoms with Gasteiger partial charge in [-0.25, -0.2) is 0 Å². The summed E-state index contributed by atoms with van der Waals surface area (Å²) < 4.78 is 5.33. The molecule has 0 saturated carbocycles. The number of hydrogen-bond donors (Lipinski definition) is 2. The highest BCUT2D eigenvalue weighted by Crippen LogP contribution is 2.19. The van der Waals surface area contributed by atoms with Crippen LogP contribution in [-0.4, -0.2) is 36.4 Å². The Bertz CT molecular complexity index is 563. The van der Waals surface area contributed by atoms with E-state index >= 15 is 0 Å². The van der Waals surface area contributed by atoms with Gasteiger partial charge in [-0.3, -0.25) is 4.79 Å². The van der Waals surface area contributed by atoms with Crippen molar-refractivity contribution in [1.29, 1.82) is 0 Å². The number of benzene rings is 1. The van der Waals surface area contributed by atoms with E-state index in [4.69, 9.17) is 9.84 Å². The van der Waals surface area contributed by atoms with Crippen LogP contribution in [0.2, 0.25) is 0 Å². The van der Waals surface area contributed by atoms with Crippen LogP contribution in [0.15, 0.2) is 18.2 Å². The molecule has 1 amide bonds. The van der Waals surface area contributed by atoms with Crippen molar-refractivity contribution in [3.8, 4) is 11.8 Å². The summed E-state index contributed by atoms with van der Waals surface area (Å²) in [5.74, 6) is 5.37. The number of carbonyl (C=O) groups is 1. The van der Waals surface area contributed by atoms with E-state index < -0.39 is 0 Å². The maximum atomic E-state index is 12.2. The third-order valence-electron chi connectivity index (χ3n) is 3.42. The number of aliphatic hydroxyl groups excluding tert-OH is 1. The SMILES string of the molecule is Cc1cc(C(=O)NC2(C)CCOC2)ccc1C#CCO. The molecule has 4 heteroatoms. The van der Waals surface area contributed by atoms with Crippen molar-refractivity contribution < 1.29 is 14.6 Å². The first-order valence-corrected chi connectivity index (χ1v) is 6.65. The van der Waals surface area contributed by atoms with Crippen LogP contribution in [0, 0.1) is 18.8 Å². The third-order valence-corrected chi connectivity index (χ3v) is 3.42. The van der Waals surface area contributed by atoms with Gasteiger partial charge in [0.1, 0.15) is 6.61 Å². The first kappa shape index (κ1) is 14.6. The summed E-state index contributed by atoms with van der Waals surface area (Å²) in [4.78, 5) is 12.2. The van der Waals surface area contributed by atoms with Gasteiger partial charge in [0, 0.05) is 17.7 Å². The fourth-order valence-corrected chi connectivity index (χ4v) is 2.19. The molecule has 2 rings (SSSR count). The topological polar surface area (TPSA) is 58.6 Å². The molecule has 0 aliphatic carbocycles. The molecule has 1 saturated heterocycles. The number of hydrogen-bond acceptors (Lipinski definition) is 3. The Labute approximate surface area is 119 Å². The average molecular weight is 273 g/mol. The lowest BCUT2D eigenvalue weighted by atomic mass is 10.00. The Morgan fingerprint density at radius 1 is 1.55 bits per heavy atom. The van der Waals surface area contributed by atoms with E-state index in [-0.39, 0.29) is 18.1 Å². The minimum absolute atomic E-state index is 0.0947. The molecule has 0 aromatic heterocycles. The Hall–Kier alpha value is -1.83. The van der Waals surface area contributed by atoms with Gasteiger partial charge in [-0.05, 0) is 44.0 Å². The standard InChI is InChI=1S/C16H19NO3/c1-12-10-14(6-5-13(12)4-3-8-18)15(19)17-16(2)7-9-20-11-16/h5-6,10,18H,7-9,11H2,1-2H3,(H,17,19). The summed E-state index contributed by atoms with van der Waals surface area (Å²) in [6.07, 6.45) is 0.831. The summed E-state index contributed by atoms with van der Waals surface area (Å²) >= 11 is 0. The highest BCUT2D eigenvalue weighted by molar-refractivity contribution is 5.95. The quantitative estimate of drug-likeness (QED) is 0.797. The van der Waals surface area contributed by atoms with Crippen LogP contribution in [0.5, 0.6) is 0 Å². The molecule has 1 aliphatic heterocycles. The predicted octanol–water partition coefficient (Wildman–Crippen LogP) is 1.25. The average Bonchev–Trinajstić information content (AvgIpc) is 2.83. The Balaban J connectivity index is 2.13. The van der Waals surface area contributed by atoms with E-state index in [1.54, 1.807) is 12.1 Å². The van der Waals surface area contributed by atoms with E-state index in [2.05, 4.69) is 17.2 Å². The van der Waals surface area contributed by atoms with Crippen molar-refractivity contribution in [3.63, 3.8) is 0 Å². The van der Waals surface area contributed by atoms with Gasteiger partial charge in [0.2, 0.25) is 0 Å². The predicted molar refractivity (Wildman–Crippen MR) is 76.5 cm³/mol. The molecular formula is C16H19NO3. The van der Waals surface area contributed by atoms with Gasteiger partial charge in [-0.1, -0.05) is 11.8 Å². The Morgan fingerprint density at radius 2 is 2.35 bits per heavy atom. The lowest BCUT2D eigenvalue weighted by Crippen LogP contribution is -2.46. The first-order chi connectivity index (χ1) is 9.54. The van der Waals surface area contributed by atoms with E-state index in [9.17, 15) is 4.79 Å². The van der Waals surface area contributed by atoms with Gasteiger partial charge in [0.05, 0.1) is 12.1 Å². The maximum Gasteiger partial charge on any atom is 0.251 e. The number of rotatable bonds is 2. The van der Waals surface area contributed by atoms with Gasteiger partial charge in [0.15, 0.2) is 0 Å². The van der Waals surface area contributed by atoms with Crippen molar-refractivity contribution in [3.05, 3.63) is 34.9 Å². The number of ether oxygens (including phenoxy) is 1. The number of aryl methyl sites for hydroxylation is 1. The highest BCUT2D eigenvalue weighted by Gasteiger charge is 2.31. The monoisotopic (exact) mass is 273 g/mol. The molecule has 1 aliphatic rings. The van der Waals surface area contributed by atoms with Crippen LogP contribution in [0.3, 0.4) is 0 Å². The number of carbonyl (C=O) groups excluding carboxylic acids is 1. The molecule has 0 bridgehead atoms. The summed E-state index contributed by atoms with van der Waals surface area (Å²) in [7, 11) is 0. The van der Waals surface area contributed by atoms with Gasteiger partial charge in [-0.15, -0.1) is 0 Å². The molecule has 1 aromatic carbocycles. The zero-order valence-corrected chi connectivity index (χ0v) is 11.8. The minimum atomic E-state index is -0.277. The Kier molecular flexibility index (Phi) is 4.43. The molecule has 1 fully saturated rings. The van der Waals surface area contributed by atoms with Gasteiger partial charge in [0.25, 0.3) is 5.91 Å². The summed E-state index contributed by atoms with van der Waals surface area (Å²) in [6, 6.07) is 5.37. The van der Waals surface area contributed by atoms with Crippen LogP contribution in [0.1, 0.15) is 34.8 Å².